The Labute approximate surface area is 143 Å². The zero-order chi connectivity index (χ0) is 16.7. The largest absolute Gasteiger partial charge is 0.304 e. The normalized spacial score (nSPS) is 11.2. The van der Waals surface area contributed by atoms with Crippen LogP contribution in [0, 0.1) is 6.92 Å². The number of imidazole rings is 1. The van der Waals surface area contributed by atoms with Crippen LogP contribution in [0.1, 0.15) is 23.1 Å². The minimum absolute atomic E-state index is 0.125. The number of anilines is 1. The van der Waals surface area contributed by atoms with Gasteiger partial charge in [-0.15, -0.1) is 0 Å². The molecule has 0 radical (unpaired) electrons. The maximum Gasteiger partial charge on any atom is 0.280 e. The Morgan fingerprint density at radius 3 is 2.75 bits per heavy atom. The number of fused-ring (bicyclic) bond motifs is 2. The van der Waals surface area contributed by atoms with E-state index in [1.807, 2.05) is 60.7 Å². The van der Waals surface area contributed by atoms with E-state index in [1.165, 1.54) is 11.3 Å². The van der Waals surface area contributed by atoms with Crippen molar-refractivity contribution in [3.05, 3.63) is 60.0 Å². The number of benzene rings is 1. The molecule has 1 aromatic carbocycles. The van der Waals surface area contributed by atoms with Crippen LogP contribution < -0.4 is 4.90 Å². The molecule has 6 heteroatoms. The van der Waals surface area contributed by atoms with E-state index in [-0.39, 0.29) is 5.91 Å². The number of hydrogen-bond acceptors (Lipinski definition) is 4. The lowest BCUT2D eigenvalue weighted by Gasteiger charge is -2.15. The second-order valence-electron chi connectivity index (χ2n) is 5.54. The molecule has 0 fully saturated rings. The van der Waals surface area contributed by atoms with E-state index >= 15 is 0 Å². The number of pyridine rings is 1. The molecule has 120 valence electrons. The van der Waals surface area contributed by atoms with Gasteiger partial charge in [-0.25, -0.2) is 9.97 Å². The number of carbonyl (C=O) groups excluding carboxylic acids is 1. The predicted octanol–water partition coefficient (Wildman–Crippen LogP) is 3.92. The zero-order valence-corrected chi connectivity index (χ0v) is 14.2. The van der Waals surface area contributed by atoms with E-state index in [9.17, 15) is 4.79 Å². The monoisotopic (exact) mass is 336 g/mol. The topological polar surface area (TPSA) is 50.5 Å². The van der Waals surface area contributed by atoms with Crippen molar-refractivity contribution in [1.29, 1.82) is 0 Å². The van der Waals surface area contributed by atoms with Crippen LogP contribution in [-0.4, -0.2) is 26.8 Å². The molecule has 0 aliphatic heterocycles. The van der Waals surface area contributed by atoms with Crippen LogP contribution in [0.4, 0.5) is 5.13 Å². The lowest BCUT2D eigenvalue weighted by molar-refractivity contribution is 0.0984. The first kappa shape index (κ1) is 14.8. The second kappa shape index (κ2) is 5.72. The van der Waals surface area contributed by atoms with Crippen molar-refractivity contribution < 1.29 is 4.79 Å². The van der Waals surface area contributed by atoms with E-state index < -0.39 is 0 Å². The van der Waals surface area contributed by atoms with Gasteiger partial charge in [-0.2, -0.15) is 0 Å². The summed E-state index contributed by atoms with van der Waals surface area (Å²) in [7, 11) is 0. The summed E-state index contributed by atoms with van der Waals surface area (Å²) in [5.74, 6) is -0.125. The number of thiazole rings is 1. The van der Waals surface area contributed by atoms with Crippen LogP contribution in [0.15, 0.2) is 48.7 Å². The lowest BCUT2D eigenvalue weighted by Crippen LogP contribution is -2.30. The Morgan fingerprint density at radius 1 is 1.17 bits per heavy atom. The van der Waals surface area contributed by atoms with Crippen molar-refractivity contribution >= 4 is 38.2 Å². The lowest BCUT2D eigenvalue weighted by atomic mass is 10.3. The highest BCUT2D eigenvalue weighted by molar-refractivity contribution is 7.22. The molecule has 4 aromatic rings. The first-order chi connectivity index (χ1) is 11.7. The number of aryl methyl sites for hydroxylation is 1. The highest BCUT2D eigenvalue weighted by Gasteiger charge is 2.22. The quantitative estimate of drug-likeness (QED) is 0.570. The van der Waals surface area contributed by atoms with E-state index in [4.69, 9.17) is 0 Å². The van der Waals surface area contributed by atoms with Gasteiger partial charge in [0.2, 0.25) is 0 Å². The Balaban J connectivity index is 1.75. The molecule has 1 amide bonds. The molecule has 0 saturated carbocycles. The van der Waals surface area contributed by atoms with Crippen LogP contribution in [0.5, 0.6) is 0 Å². The molecular weight excluding hydrogens is 320 g/mol. The molecule has 0 spiro atoms. The van der Waals surface area contributed by atoms with Gasteiger partial charge in [0.15, 0.2) is 5.13 Å². The molecule has 0 bridgehead atoms. The molecule has 24 heavy (non-hydrogen) atoms. The fourth-order valence-corrected chi connectivity index (χ4v) is 3.76. The van der Waals surface area contributed by atoms with Crippen molar-refractivity contribution in [3.63, 3.8) is 0 Å². The van der Waals surface area contributed by atoms with Crippen LogP contribution in [0.2, 0.25) is 0 Å². The van der Waals surface area contributed by atoms with Gasteiger partial charge >= 0.3 is 0 Å². The summed E-state index contributed by atoms with van der Waals surface area (Å²) in [6.07, 6.45) is 1.79. The number of para-hydroxylation sites is 1. The Kier molecular flexibility index (Phi) is 3.54. The summed E-state index contributed by atoms with van der Waals surface area (Å²) in [5, 5.41) is 0.706. The summed E-state index contributed by atoms with van der Waals surface area (Å²) in [6, 6.07) is 13.7. The minimum atomic E-state index is -0.125. The molecule has 3 aromatic heterocycles. The Morgan fingerprint density at radius 2 is 2.00 bits per heavy atom. The number of rotatable bonds is 3. The van der Waals surface area contributed by atoms with Crippen molar-refractivity contribution in [1.82, 2.24) is 14.4 Å². The second-order valence-corrected chi connectivity index (χ2v) is 6.54. The van der Waals surface area contributed by atoms with E-state index in [2.05, 4.69) is 9.97 Å². The van der Waals surface area contributed by atoms with E-state index in [0.717, 1.165) is 21.6 Å². The minimum Gasteiger partial charge on any atom is -0.304 e. The number of nitrogens with zero attached hydrogens (tertiary/aromatic N) is 4. The first-order valence-electron chi connectivity index (χ1n) is 7.79. The molecule has 5 nitrogen and oxygen atoms in total. The number of amides is 1. The highest BCUT2D eigenvalue weighted by atomic mass is 32.1. The third-order valence-corrected chi connectivity index (χ3v) is 5.05. The van der Waals surface area contributed by atoms with Crippen molar-refractivity contribution in [2.45, 2.75) is 13.8 Å². The smallest absolute Gasteiger partial charge is 0.280 e. The molecular formula is C18H16N4OS. The summed E-state index contributed by atoms with van der Waals surface area (Å²) in [6.45, 7) is 4.49. The third kappa shape index (κ3) is 2.35. The summed E-state index contributed by atoms with van der Waals surface area (Å²) >= 11 is 1.52. The van der Waals surface area contributed by atoms with Crippen LogP contribution in [0.25, 0.3) is 15.9 Å². The fraction of sp³-hybridized carbons (Fsp3) is 0.167. The van der Waals surface area contributed by atoms with E-state index in [0.29, 0.717) is 17.4 Å². The average molecular weight is 336 g/mol. The molecule has 4 rings (SSSR count). The number of aromatic nitrogens is 3. The maximum atomic E-state index is 13.0. The maximum absolute atomic E-state index is 13.0. The van der Waals surface area contributed by atoms with Crippen LogP contribution >= 0.6 is 11.3 Å². The SMILES string of the molecule is CCN(C(=O)c1cn2c(C)cccc2n1)c1nc2ccccc2s1. The summed E-state index contributed by atoms with van der Waals surface area (Å²) < 4.78 is 3.00. The number of hydrogen-bond donors (Lipinski definition) is 0. The van der Waals surface area contributed by atoms with Gasteiger partial charge in [0.1, 0.15) is 11.3 Å². The Bertz CT molecular complexity index is 1020. The van der Waals surface area contributed by atoms with Crippen LogP contribution in [-0.2, 0) is 0 Å². The predicted molar refractivity (Wildman–Crippen MR) is 96.9 cm³/mol. The fourth-order valence-electron chi connectivity index (χ4n) is 2.73. The highest BCUT2D eigenvalue weighted by Crippen LogP contribution is 2.29. The third-order valence-electron chi connectivity index (χ3n) is 3.99. The van der Waals surface area contributed by atoms with Gasteiger partial charge in [0, 0.05) is 18.4 Å². The van der Waals surface area contributed by atoms with Gasteiger partial charge in [-0.05, 0) is 38.1 Å². The molecule has 0 aliphatic rings. The molecule has 0 N–H and O–H groups in total. The van der Waals surface area contributed by atoms with Gasteiger partial charge < -0.3 is 4.40 Å². The van der Waals surface area contributed by atoms with Crippen LogP contribution in [0.3, 0.4) is 0 Å². The van der Waals surface area contributed by atoms with Gasteiger partial charge in [0.25, 0.3) is 5.91 Å². The molecule has 0 saturated heterocycles. The molecule has 0 aliphatic carbocycles. The molecule has 3 heterocycles. The standard InChI is InChI=1S/C18H16N4OS/c1-3-21(18-20-13-8-4-5-9-15(13)24-18)17(23)14-11-22-12(2)7-6-10-16(22)19-14/h4-11H,3H2,1-2H3. The first-order valence-corrected chi connectivity index (χ1v) is 8.61. The number of carbonyl (C=O) groups is 1. The van der Waals surface area contributed by atoms with Gasteiger partial charge in [0.05, 0.1) is 10.2 Å². The molecule has 0 unspecified atom stereocenters. The molecule has 0 atom stereocenters. The average Bonchev–Trinajstić information content (AvgIpc) is 3.19. The van der Waals surface area contributed by atoms with Gasteiger partial charge in [-0.1, -0.05) is 29.5 Å². The summed E-state index contributed by atoms with van der Waals surface area (Å²) in [5.41, 5.74) is 3.17. The zero-order valence-electron chi connectivity index (χ0n) is 13.4. The van der Waals surface area contributed by atoms with Crippen molar-refractivity contribution in [2.24, 2.45) is 0 Å². The Hall–Kier alpha value is -2.73. The van der Waals surface area contributed by atoms with Crippen molar-refractivity contribution in [2.75, 3.05) is 11.4 Å². The van der Waals surface area contributed by atoms with Crippen molar-refractivity contribution in [3.8, 4) is 0 Å². The summed E-state index contributed by atoms with van der Waals surface area (Å²) in [4.78, 5) is 23.7. The van der Waals surface area contributed by atoms with E-state index in [1.54, 1.807) is 11.1 Å². The van der Waals surface area contributed by atoms with Gasteiger partial charge in [-0.3, -0.25) is 9.69 Å².